The van der Waals surface area contributed by atoms with E-state index < -0.39 is 40.7 Å². The van der Waals surface area contributed by atoms with E-state index in [-0.39, 0.29) is 11.7 Å². The predicted molar refractivity (Wildman–Crippen MR) is 129 cm³/mol. The van der Waals surface area contributed by atoms with Gasteiger partial charge in [0.05, 0.1) is 34.9 Å². The summed E-state index contributed by atoms with van der Waals surface area (Å²) < 4.78 is 43.1. The standard InChI is InChI=1S/C26H26F3N5O2/c1-13-9-14(30)12-34(11-13)25-15-5-8-21(35)23(15)31-10-20(25)33-26(36)19-7-6-18(29)24(32-19)22-16(27)3-2-4-17(22)28/h2-4,6-7,10,13-14,21,35H,5,8-9,11-12,30H2,1H3,(H,33,36)/t13?,14-,21?/m0/s1. The first-order valence-corrected chi connectivity index (χ1v) is 11.9. The maximum absolute atomic E-state index is 14.5. The molecule has 1 aromatic carbocycles. The van der Waals surface area contributed by atoms with Crippen molar-refractivity contribution < 1.29 is 23.1 Å². The normalized spacial score (nSPS) is 21.4. The summed E-state index contributed by atoms with van der Waals surface area (Å²) in [5.41, 5.74) is 7.39. The van der Waals surface area contributed by atoms with E-state index in [1.165, 1.54) is 6.20 Å². The van der Waals surface area contributed by atoms with Crippen LogP contribution in [0.15, 0.2) is 36.5 Å². The van der Waals surface area contributed by atoms with Gasteiger partial charge in [0.25, 0.3) is 5.91 Å². The minimum absolute atomic E-state index is 0.0515. The quantitative estimate of drug-likeness (QED) is 0.504. The molecule has 2 aliphatic rings. The van der Waals surface area contributed by atoms with Crippen molar-refractivity contribution in [2.24, 2.45) is 11.7 Å². The van der Waals surface area contributed by atoms with E-state index in [1.807, 2.05) is 0 Å². The number of nitrogens with one attached hydrogen (secondary N) is 1. The first-order chi connectivity index (χ1) is 17.2. The Balaban J connectivity index is 1.52. The van der Waals surface area contributed by atoms with Gasteiger partial charge in [-0.25, -0.2) is 18.2 Å². The lowest BCUT2D eigenvalue weighted by Crippen LogP contribution is -2.47. The fourth-order valence-corrected chi connectivity index (χ4v) is 5.20. The molecule has 3 heterocycles. The second-order valence-corrected chi connectivity index (χ2v) is 9.52. The third-order valence-electron chi connectivity index (χ3n) is 6.70. The van der Waals surface area contributed by atoms with Gasteiger partial charge in [0.2, 0.25) is 0 Å². The van der Waals surface area contributed by atoms with Crippen LogP contribution in [-0.2, 0) is 6.42 Å². The molecule has 7 nitrogen and oxygen atoms in total. The Hall–Kier alpha value is -3.50. The van der Waals surface area contributed by atoms with Crippen LogP contribution in [0.1, 0.15) is 47.6 Å². The monoisotopic (exact) mass is 497 g/mol. The zero-order valence-electron chi connectivity index (χ0n) is 19.6. The number of fused-ring (bicyclic) bond motifs is 1. The van der Waals surface area contributed by atoms with Gasteiger partial charge >= 0.3 is 0 Å². The molecule has 0 spiro atoms. The number of piperidine rings is 1. The third kappa shape index (κ3) is 4.42. The maximum atomic E-state index is 14.5. The van der Waals surface area contributed by atoms with Crippen molar-refractivity contribution in [1.29, 1.82) is 0 Å². The first kappa shape index (κ1) is 24.2. The van der Waals surface area contributed by atoms with E-state index in [4.69, 9.17) is 5.73 Å². The van der Waals surface area contributed by atoms with Crippen LogP contribution in [-0.4, -0.2) is 40.1 Å². The molecule has 1 aliphatic heterocycles. The smallest absolute Gasteiger partial charge is 0.274 e. The SMILES string of the molecule is CC1C[C@H](N)CN(c2c(NC(=O)c3ccc(F)c(-c4c(F)cccc4F)n3)cnc3c2CCC3O)C1. The Morgan fingerprint density at radius 3 is 2.61 bits per heavy atom. The van der Waals surface area contributed by atoms with Crippen molar-refractivity contribution in [2.45, 2.75) is 38.3 Å². The predicted octanol–water partition coefficient (Wildman–Crippen LogP) is 3.97. The number of hydrogen-bond acceptors (Lipinski definition) is 6. The molecular weight excluding hydrogens is 471 g/mol. The molecule has 5 rings (SSSR count). The van der Waals surface area contributed by atoms with E-state index in [0.717, 1.165) is 48.0 Å². The number of hydrogen-bond donors (Lipinski definition) is 3. The second kappa shape index (κ2) is 9.51. The van der Waals surface area contributed by atoms with Crippen molar-refractivity contribution in [3.05, 3.63) is 70.9 Å². The number of anilines is 2. The van der Waals surface area contributed by atoms with Crippen molar-refractivity contribution in [3.8, 4) is 11.3 Å². The Labute approximate surface area is 206 Å². The van der Waals surface area contributed by atoms with Gasteiger partial charge in [0.15, 0.2) is 0 Å². The zero-order valence-corrected chi connectivity index (χ0v) is 19.6. The molecule has 36 heavy (non-hydrogen) atoms. The summed E-state index contributed by atoms with van der Waals surface area (Å²) in [6, 6.07) is 5.20. The third-order valence-corrected chi connectivity index (χ3v) is 6.70. The van der Waals surface area contributed by atoms with Crippen molar-refractivity contribution in [1.82, 2.24) is 9.97 Å². The molecule has 0 bridgehead atoms. The van der Waals surface area contributed by atoms with Crippen LogP contribution >= 0.6 is 0 Å². The number of pyridine rings is 2. The molecule has 1 fully saturated rings. The number of nitrogens with zero attached hydrogens (tertiary/aromatic N) is 3. The summed E-state index contributed by atoms with van der Waals surface area (Å²) in [5, 5.41) is 13.2. The highest BCUT2D eigenvalue weighted by Crippen LogP contribution is 2.41. The lowest BCUT2D eigenvalue weighted by atomic mass is 9.95. The maximum Gasteiger partial charge on any atom is 0.274 e. The molecule has 1 aliphatic carbocycles. The van der Waals surface area contributed by atoms with E-state index in [2.05, 4.69) is 27.1 Å². The van der Waals surface area contributed by atoms with Gasteiger partial charge in [-0.2, -0.15) is 0 Å². The molecule has 4 N–H and O–H groups in total. The number of aliphatic hydroxyl groups excluding tert-OH is 1. The Kier molecular flexibility index (Phi) is 6.40. The van der Waals surface area contributed by atoms with Crippen LogP contribution in [0.3, 0.4) is 0 Å². The average molecular weight is 498 g/mol. The molecule has 1 amide bonds. The van der Waals surface area contributed by atoms with Gasteiger partial charge in [0.1, 0.15) is 28.8 Å². The lowest BCUT2D eigenvalue weighted by Gasteiger charge is -2.38. The lowest BCUT2D eigenvalue weighted by molar-refractivity contribution is 0.102. The molecule has 2 aromatic heterocycles. The van der Waals surface area contributed by atoms with Gasteiger partial charge in [-0.15, -0.1) is 0 Å². The van der Waals surface area contributed by atoms with Crippen molar-refractivity contribution >= 4 is 17.3 Å². The van der Waals surface area contributed by atoms with E-state index in [0.29, 0.717) is 43.2 Å². The van der Waals surface area contributed by atoms with Gasteiger partial charge in [0, 0.05) is 24.7 Å². The fraction of sp³-hybridized carbons (Fsp3) is 0.346. The topological polar surface area (TPSA) is 104 Å². The van der Waals surface area contributed by atoms with Crippen molar-refractivity contribution in [3.63, 3.8) is 0 Å². The molecule has 1 saturated heterocycles. The molecule has 0 radical (unpaired) electrons. The zero-order chi connectivity index (χ0) is 25.6. The summed E-state index contributed by atoms with van der Waals surface area (Å²) in [5.74, 6) is -3.30. The van der Waals surface area contributed by atoms with Gasteiger partial charge in [-0.05, 0) is 49.4 Å². The van der Waals surface area contributed by atoms with Crippen LogP contribution < -0.4 is 16.0 Å². The summed E-state index contributed by atoms with van der Waals surface area (Å²) >= 11 is 0. The largest absolute Gasteiger partial charge is 0.387 e. The highest BCUT2D eigenvalue weighted by molar-refractivity contribution is 6.05. The molecular formula is C26H26F3N5O2. The summed E-state index contributed by atoms with van der Waals surface area (Å²) in [4.78, 5) is 23.6. The van der Waals surface area contributed by atoms with Crippen molar-refractivity contribution in [2.75, 3.05) is 23.3 Å². The highest BCUT2D eigenvalue weighted by Gasteiger charge is 2.32. The van der Waals surface area contributed by atoms with E-state index in [9.17, 15) is 23.1 Å². The van der Waals surface area contributed by atoms with Gasteiger partial charge < -0.3 is 21.1 Å². The minimum atomic E-state index is -0.988. The van der Waals surface area contributed by atoms with Crippen LogP contribution in [0.25, 0.3) is 11.3 Å². The molecule has 10 heteroatoms. The van der Waals surface area contributed by atoms with E-state index in [1.54, 1.807) is 0 Å². The number of carbonyl (C=O) groups excluding carboxylic acids is 1. The number of benzene rings is 1. The fourth-order valence-electron chi connectivity index (χ4n) is 5.20. The number of halogens is 3. The number of aromatic nitrogens is 2. The number of carbonyl (C=O) groups is 1. The average Bonchev–Trinajstić information content (AvgIpc) is 3.19. The molecule has 188 valence electrons. The minimum Gasteiger partial charge on any atom is -0.387 e. The molecule has 3 aromatic rings. The van der Waals surface area contributed by atoms with Crippen LogP contribution in [0.4, 0.5) is 24.5 Å². The summed E-state index contributed by atoms with van der Waals surface area (Å²) in [6.45, 7) is 3.40. The van der Waals surface area contributed by atoms with Crippen LogP contribution in [0, 0.1) is 23.4 Å². The van der Waals surface area contributed by atoms with Gasteiger partial charge in [-0.1, -0.05) is 13.0 Å². The second-order valence-electron chi connectivity index (χ2n) is 9.52. The summed E-state index contributed by atoms with van der Waals surface area (Å²) in [6.07, 6.45) is 2.79. The molecule has 3 atom stereocenters. The number of nitrogens with two attached hydrogens (primary N) is 1. The van der Waals surface area contributed by atoms with Gasteiger partial charge in [-0.3, -0.25) is 9.78 Å². The Bertz CT molecular complexity index is 1300. The van der Waals surface area contributed by atoms with E-state index >= 15 is 0 Å². The Morgan fingerprint density at radius 1 is 1.14 bits per heavy atom. The first-order valence-electron chi connectivity index (χ1n) is 11.9. The number of aliphatic hydroxyl groups is 1. The number of rotatable bonds is 4. The molecule has 2 unspecified atom stereocenters. The highest BCUT2D eigenvalue weighted by atomic mass is 19.1. The van der Waals surface area contributed by atoms with Crippen LogP contribution in [0.5, 0.6) is 0 Å². The summed E-state index contributed by atoms with van der Waals surface area (Å²) in [7, 11) is 0. The Morgan fingerprint density at radius 2 is 1.89 bits per heavy atom. The molecule has 0 saturated carbocycles. The number of amides is 1. The van der Waals surface area contributed by atoms with Crippen LogP contribution in [0.2, 0.25) is 0 Å².